The zero-order valence-electron chi connectivity index (χ0n) is 13.9. The van der Waals surface area contributed by atoms with Crippen LogP contribution in [0.2, 0.25) is 0 Å². The van der Waals surface area contributed by atoms with Gasteiger partial charge >= 0.3 is 0 Å². The second-order valence-electron chi connectivity index (χ2n) is 7.04. The minimum atomic E-state index is -0.621. The van der Waals surface area contributed by atoms with Crippen molar-refractivity contribution in [2.45, 2.75) is 37.5 Å². The highest BCUT2D eigenvalue weighted by molar-refractivity contribution is 6.09. The molecule has 0 N–H and O–H groups in total. The zero-order chi connectivity index (χ0) is 16.6. The van der Waals surface area contributed by atoms with Gasteiger partial charge in [-0.05, 0) is 49.9 Å². The van der Waals surface area contributed by atoms with Crippen molar-refractivity contribution in [2.24, 2.45) is 0 Å². The maximum absolute atomic E-state index is 13.0. The van der Waals surface area contributed by atoms with Crippen LogP contribution in [0, 0.1) is 11.8 Å². The van der Waals surface area contributed by atoms with Crippen LogP contribution in [0.4, 0.5) is 0 Å². The van der Waals surface area contributed by atoms with Crippen LogP contribution in [-0.4, -0.2) is 47.8 Å². The van der Waals surface area contributed by atoms with Gasteiger partial charge in [0.05, 0.1) is 18.5 Å². The van der Waals surface area contributed by atoms with E-state index in [0.29, 0.717) is 6.42 Å². The molecule has 4 nitrogen and oxygen atoms in total. The second-order valence-corrected chi connectivity index (χ2v) is 7.04. The van der Waals surface area contributed by atoms with Gasteiger partial charge in [-0.3, -0.25) is 19.4 Å². The highest BCUT2D eigenvalue weighted by Gasteiger charge is 2.54. The summed E-state index contributed by atoms with van der Waals surface area (Å²) in [6, 6.07) is 8.04. The summed E-state index contributed by atoms with van der Waals surface area (Å²) in [7, 11) is 0. The number of rotatable bonds is 2. The first-order chi connectivity index (χ1) is 11.7. The number of likely N-dealkylation sites (tertiary alicyclic amines) is 2. The van der Waals surface area contributed by atoms with Crippen molar-refractivity contribution < 1.29 is 9.59 Å². The van der Waals surface area contributed by atoms with Crippen LogP contribution >= 0.6 is 0 Å². The first-order valence-electron chi connectivity index (χ1n) is 8.82. The van der Waals surface area contributed by atoms with Gasteiger partial charge in [-0.25, -0.2) is 0 Å². The van der Waals surface area contributed by atoms with Gasteiger partial charge < -0.3 is 0 Å². The fraction of sp³-hybridized carbons (Fsp3) is 0.500. The summed E-state index contributed by atoms with van der Waals surface area (Å²) in [5, 5.41) is 0. The van der Waals surface area contributed by atoms with E-state index in [1.54, 1.807) is 0 Å². The Balaban J connectivity index is 1.48. The van der Waals surface area contributed by atoms with Gasteiger partial charge in [0.25, 0.3) is 0 Å². The minimum absolute atomic E-state index is 0.0482. The van der Waals surface area contributed by atoms with Crippen molar-refractivity contribution in [2.75, 3.05) is 26.2 Å². The lowest BCUT2D eigenvalue weighted by Gasteiger charge is -2.22. The molecule has 1 aromatic carbocycles. The molecule has 1 unspecified atom stereocenters. The Morgan fingerprint density at radius 3 is 2.62 bits per heavy atom. The molecule has 4 heteroatoms. The number of amides is 2. The summed E-state index contributed by atoms with van der Waals surface area (Å²) in [6.45, 7) is 3.19. The standard InChI is InChI=1S/C20H22N2O2/c23-18-15-20(10-9-16-7-1-2-8-17(16)20)19(24)22(18)14-6-5-13-21-11-3-4-12-21/h1-2,7-8H,3-4,9-15H2. The number of carbonyl (C=O) groups is 2. The molecule has 2 aliphatic heterocycles. The molecule has 0 saturated carbocycles. The van der Waals surface area contributed by atoms with Gasteiger partial charge in [0.2, 0.25) is 11.8 Å². The van der Waals surface area contributed by atoms with Crippen molar-refractivity contribution >= 4 is 11.8 Å². The van der Waals surface area contributed by atoms with Crippen molar-refractivity contribution in [3.8, 4) is 11.8 Å². The molecule has 4 rings (SSSR count). The van der Waals surface area contributed by atoms with Crippen molar-refractivity contribution in [3.63, 3.8) is 0 Å². The van der Waals surface area contributed by atoms with Crippen molar-refractivity contribution in [3.05, 3.63) is 35.4 Å². The predicted octanol–water partition coefficient (Wildman–Crippen LogP) is 1.73. The summed E-state index contributed by atoms with van der Waals surface area (Å²) in [5.41, 5.74) is 1.64. The lowest BCUT2D eigenvalue weighted by molar-refractivity contribution is -0.139. The third-order valence-corrected chi connectivity index (χ3v) is 5.63. The number of benzene rings is 1. The fourth-order valence-electron chi connectivity index (χ4n) is 4.30. The molecular weight excluding hydrogens is 300 g/mol. The number of fused-ring (bicyclic) bond motifs is 2. The van der Waals surface area contributed by atoms with E-state index in [0.717, 1.165) is 38.0 Å². The first kappa shape index (κ1) is 15.4. The Hall–Kier alpha value is -2.12. The number of aryl methyl sites for hydroxylation is 1. The van der Waals surface area contributed by atoms with Crippen molar-refractivity contribution in [1.29, 1.82) is 0 Å². The molecule has 0 radical (unpaired) electrons. The molecule has 3 aliphatic rings. The molecule has 124 valence electrons. The average molecular weight is 322 g/mol. The van der Waals surface area contributed by atoms with Gasteiger partial charge in [-0.1, -0.05) is 36.1 Å². The van der Waals surface area contributed by atoms with E-state index in [1.165, 1.54) is 23.3 Å². The molecule has 2 heterocycles. The SMILES string of the molecule is O=C1CC2(CCc3ccccc32)C(=O)N1CC#CCN1CCCC1. The molecule has 2 saturated heterocycles. The van der Waals surface area contributed by atoms with Crippen LogP contribution in [0.1, 0.15) is 36.8 Å². The summed E-state index contributed by atoms with van der Waals surface area (Å²) in [5.74, 6) is 6.04. The molecule has 1 aromatic rings. The maximum atomic E-state index is 13.0. The highest BCUT2D eigenvalue weighted by atomic mass is 16.2. The van der Waals surface area contributed by atoms with Gasteiger partial charge in [0.15, 0.2) is 0 Å². The Bertz CT molecular complexity index is 739. The first-order valence-corrected chi connectivity index (χ1v) is 8.82. The van der Waals surface area contributed by atoms with E-state index < -0.39 is 5.41 Å². The van der Waals surface area contributed by atoms with E-state index >= 15 is 0 Å². The third kappa shape index (κ3) is 2.44. The average Bonchev–Trinajstić information content (AvgIpc) is 3.28. The minimum Gasteiger partial charge on any atom is -0.292 e. The monoisotopic (exact) mass is 322 g/mol. The lowest BCUT2D eigenvalue weighted by Crippen LogP contribution is -2.37. The number of nitrogens with zero attached hydrogens (tertiary/aromatic N) is 2. The van der Waals surface area contributed by atoms with Gasteiger partial charge in [0, 0.05) is 6.42 Å². The molecule has 2 amide bonds. The third-order valence-electron chi connectivity index (χ3n) is 5.63. The van der Waals surface area contributed by atoms with Gasteiger partial charge in [-0.2, -0.15) is 0 Å². The summed E-state index contributed by atoms with van der Waals surface area (Å²) in [6.07, 6.45) is 4.41. The zero-order valence-corrected chi connectivity index (χ0v) is 13.9. The Morgan fingerprint density at radius 2 is 1.79 bits per heavy atom. The topological polar surface area (TPSA) is 40.6 Å². The number of imide groups is 1. The molecule has 1 spiro atoms. The summed E-state index contributed by atoms with van der Waals surface area (Å²) in [4.78, 5) is 29.1. The normalized spacial score (nSPS) is 26.1. The predicted molar refractivity (Wildman–Crippen MR) is 91.2 cm³/mol. The molecule has 1 aliphatic carbocycles. The summed E-state index contributed by atoms with van der Waals surface area (Å²) < 4.78 is 0. The lowest BCUT2D eigenvalue weighted by atomic mass is 9.80. The van der Waals surface area contributed by atoms with Crippen LogP contribution in [0.15, 0.2) is 24.3 Å². The van der Waals surface area contributed by atoms with Crippen LogP contribution in [-0.2, 0) is 21.4 Å². The van der Waals surface area contributed by atoms with Crippen LogP contribution in [0.5, 0.6) is 0 Å². The Morgan fingerprint density at radius 1 is 1.04 bits per heavy atom. The second kappa shape index (κ2) is 6.07. The van der Waals surface area contributed by atoms with Crippen LogP contribution in [0.25, 0.3) is 0 Å². The molecule has 1 atom stereocenters. The fourth-order valence-corrected chi connectivity index (χ4v) is 4.30. The van der Waals surface area contributed by atoms with E-state index in [4.69, 9.17) is 0 Å². The summed E-state index contributed by atoms with van der Waals surface area (Å²) >= 11 is 0. The largest absolute Gasteiger partial charge is 0.292 e. The number of carbonyl (C=O) groups excluding carboxylic acids is 2. The molecule has 0 bridgehead atoms. The van der Waals surface area contributed by atoms with Crippen molar-refractivity contribution in [1.82, 2.24) is 9.80 Å². The van der Waals surface area contributed by atoms with E-state index in [-0.39, 0.29) is 18.4 Å². The highest BCUT2D eigenvalue weighted by Crippen LogP contribution is 2.46. The quantitative estimate of drug-likeness (QED) is 0.615. The molecule has 24 heavy (non-hydrogen) atoms. The van der Waals surface area contributed by atoms with Crippen LogP contribution in [0.3, 0.4) is 0 Å². The maximum Gasteiger partial charge on any atom is 0.241 e. The number of hydrogen-bond donors (Lipinski definition) is 0. The van der Waals surface area contributed by atoms with Gasteiger partial charge in [-0.15, -0.1) is 0 Å². The van der Waals surface area contributed by atoms with E-state index in [1.807, 2.05) is 18.2 Å². The van der Waals surface area contributed by atoms with Gasteiger partial charge in [0.1, 0.15) is 0 Å². The molecule has 2 fully saturated rings. The van der Waals surface area contributed by atoms with E-state index in [2.05, 4.69) is 22.8 Å². The molecule has 0 aromatic heterocycles. The van der Waals surface area contributed by atoms with E-state index in [9.17, 15) is 9.59 Å². The van der Waals surface area contributed by atoms with Crippen LogP contribution < -0.4 is 0 Å². The Labute approximate surface area is 142 Å². The molecular formula is C20H22N2O2. The number of hydrogen-bond acceptors (Lipinski definition) is 3. The Kier molecular flexibility index (Phi) is 3.90. The smallest absolute Gasteiger partial charge is 0.241 e.